The van der Waals surface area contributed by atoms with Crippen LogP contribution in [0.5, 0.6) is 0 Å². The molecule has 0 aromatic carbocycles. The number of hydrogen-bond donors (Lipinski definition) is 1. The molecule has 5 heteroatoms. The Morgan fingerprint density at radius 3 is 2.48 bits per heavy atom. The lowest BCUT2D eigenvalue weighted by molar-refractivity contribution is -0.160. The lowest BCUT2D eigenvalue weighted by Gasteiger charge is -2.54. The maximum absolute atomic E-state index is 13.2. The number of hydrogen-bond acceptors (Lipinski definition) is 2. The van der Waals surface area contributed by atoms with Gasteiger partial charge in [0.2, 0.25) is 0 Å². The first-order valence-corrected chi connectivity index (χ1v) is 7.65. The van der Waals surface area contributed by atoms with E-state index in [1.807, 2.05) is 0 Å². The number of nitrogens with one attached hydrogen (secondary N) is 1. The van der Waals surface area contributed by atoms with Gasteiger partial charge in [-0.05, 0) is 61.1 Å². The molecule has 2 saturated carbocycles. The Hall–Kier alpha value is -1.10. The molecule has 3 aliphatic rings. The van der Waals surface area contributed by atoms with E-state index in [2.05, 4.69) is 10.3 Å². The molecule has 0 unspecified atom stereocenters. The van der Waals surface area contributed by atoms with Crippen LogP contribution < -0.4 is 5.32 Å². The molecular weight excluding hydrogens is 277 g/mol. The first-order valence-electron chi connectivity index (χ1n) is 7.65. The zero-order chi connectivity index (χ0) is 14.7. The Balaban J connectivity index is 1.47. The van der Waals surface area contributed by atoms with Crippen LogP contribution >= 0.6 is 0 Å². The summed E-state index contributed by atoms with van der Waals surface area (Å²) in [6, 6.07) is 3.24. The van der Waals surface area contributed by atoms with Crippen LogP contribution in [0.15, 0.2) is 18.3 Å². The average Bonchev–Trinajstić information content (AvgIpc) is 3.11. The Morgan fingerprint density at radius 2 is 1.95 bits per heavy atom. The van der Waals surface area contributed by atoms with E-state index in [1.54, 1.807) is 18.3 Å². The van der Waals surface area contributed by atoms with Gasteiger partial charge in [-0.2, -0.15) is 13.2 Å². The van der Waals surface area contributed by atoms with Crippen LogP contribution in [0.1, 0.15) is 36.9 Å². The smallest absolute Gasteiger partial charge is 0.316 e. The van der Waals surface area contributed by atoms with Crippen LogP contribution in [0.2, 0.25) is 0 Å². The molecule has 2 aliphatic carbocycles. The summed E-state index contributed by atoms with van der Waals surface area (Å²) in [4.78, 5) is 4.29. The van der Waals surface area contributed by atoms with Gasteiger partial charge in [-0.25, -0.2) is 0 Å². The van der Waals surface area contributed by atoms with Crippen molar-refractivity contribution in [3.63, 3.8) is 0 Å². The van der Waals surface area contributed by atoms with Gasteiger partial charge in [0.1, 0.15) is 0 Å². The van der Waals surface area contributed by atoms with Crippen LogP contribution in [0.3, 0.4) is 0 Å². The fourth-order valence-corrected chi connectivity index (χ4v) is 4.12. The fourth-order valence-electron chi connectivity index (χ4n) is 4.12. The highest BCUT2D eigenvalue weighted by atomic mass is 19.4. The summed E-state index contributed by atoms with van der Waals surface area (Å²) < 4.78 is 39.5. The predicted octanol–water partition coefficient (Wildman–Crippen LogP) is 3.22. The normalized spacial score (nSPS) is 26.2. The van der Waals surface area contributed by atoms with E-state index in [4.69, 9.17) is 0 Å². The number of rotatable bonds is 3. The molecule has 1 aromatic heterocycles. The first kappa shape index (κ1) is 13.6. The predicted molar refractivity (Wildman–Crippen MR) is 72.9 cm³/mol. The highest BCUT2D eigenvalue weighted by Gasteiger charge is 2.64. The quantitative estimate of drug-likeness (QED) is 0.926. The summed E-state index contributed by atoms with van der Waals surface area (Å²) in [5, 5.41) is 3.30. The standard InChI is InChI=1S/C16H19F3N2/c17-16(18,19)15(2-3-15)12-1-4-21-13(6-12)5-11-7-14(8-11)9-20-10-14/h1,4,6,11,20H,2-3,5,7-10H2. The van der Waals surface area contributed by atoms with E-state index in [9.17, 15) is 13.2 Å². The molecule has 1 aromatic rings. The molecule has 0 atom stereocenters. The Labute approximate surface area is 122 Å². The summed E-state index contributed by atoms with van der Waals surface area (Å²) in [7, 11) is 0. The molecule has 1 N–H and O–H groups in total. The molecule has 0 amide bonds. The molecule has 1 saturated heterocycles. The highest BCUT2D eigenvalue weighted by Crippen LogP contribution is 2.59. The molecule has 0 bridgehead atoms. The molecule has 4 rings (SSSR count). The molecule has 1 spiro atoms. The van der Waals surface area contributed by atoms with Gasteiger partial charge in [0.25, 0.3) is 0 Å². The van der Waals surface area contributed by atoms with Crippen LogP contribution in [0.4, 0.5) is 13.2 Å². The summed E-state index contributed by atoms with van der Waals surface area (Å²) in [5.41, 5.74) is 0.171. The summed E-state index contributed by atoms with van der Waals surface area (Å²) >= 11 is 0. The van der Waals surface area contributed by atoms with Gasteiger partial charge in [-0.15, -0.1) is 0 Å². The second kappa shape index (κ2) is 4.22. The van der Waals surface area contributed by atoms with Crippen LogP contribution in [-0.2, 0) is 11.8 Å². The van der Waals surface area contributed by atoms with Gasteiger partial charge in [0.15, 0.2) is 0 Å². The van der Waals surface area contributed by atoms with Crippen molar-refractivity contribution >= 4 is 0 Å². The highest BCUT2D eigenvalue weighted by molar-refractivity contribution is 5.34. The second-order valence-corrected chi connectivity index (χ2v) is 7.20. The summed E-state index contributed by atoms with van der Waals surface area (Å²) in [6.07, 6.45) is 1.06. The zero-order valence-corrected chi connectivity index (χ0v) is 11.8. The summed E-state index contributed by atoms with van der Waals surface area (Å²) in [6.45, 7) is 2.21. The molecule has 114 valence electrons. The van der Waals surface area contributed by atoms with Gasteiger partial charge in [0, 0.05) is 25.0 Å². The van der Waals surface area contributed by atoms with Crippen molar-refractivity contribution in [1.82, 2.24) is 10.3 Å². The third-order valence-corrected chi connectivity index (χ3v) is 5.60. The monoisotopic (exact) mass is 296 g/mol. The zero-order valence-electron chi connectivity index (χ0n) is 11.8. The van der Waals surface area contributed by atoms with Gasteiger partial charge < -0.3 is 5.32 Å². The Bertz CT molecular complexity index is 551. The van der Waals surface area contributed by atoms with E-state index in [0.717, 1.165) is 25.2 Å². The van der Waals surface area contributed by atoms with Crippen LogP contribution in [0.25, 0.3) is 0 Å². The van der Waals surface area contributed by atoms with Crippen molar-refractivity contribution in [2.45, 2.75) is 43.7 Å². The fraction of sp³-hybridized carbons (Fsp3) is 0.688. The van der Waals surface area contributed by atoms with Crippen LogP contribution in [-0.4, -0.2) is 24.2 Å². The van der Waals surface area contributed by atoms with Crippen molar-refractivity contribution < 1.29 is 13.2 Å². The molecule has 2 heterocycles. The number of aromatic nitrogens is 1. The topological polar surface area (TPSA) is 24.9 Å². The van der Waals surface area contributed by atoms with E-state index in [0.29, 0.717) is 16.9 Å². The Kier molecular flexibility index (Phi) is 2.72. The third kappa shape index (κ3) is 2.08. The molecular formula is C16H19F3N2. The van der Waals surface area contributed by atoms with E-state index in [-0.39, 0.29) is 12.8 Å². The van der Waals surface area contributed by atoms with Gasteiger partial charge in [-0.3, -0.25) is 4.98 Å². The largest absolute Gasteiger partial charge is 0.398 e. The lowest BCUT2D eigenvalue weighted by Crippen LogP contribution is -2.60. The minimum atomic E-state index is -4.14. The van der Waals surface area contributed by atoms with E-state index in [1.165, 1.54) is 12.8 Å². The lowest BCUT2D eigenvalue weighted by atomic mass is 9.57. The van der Waals surface area contributed by atoms with Gasteiger partial charge >= 0.3 is 6.18 Å². The minimum absolute atomic E-state index is 0.220. The molecule has 2 nitrogen and oxygen atoms in total. The third-order valence-electron chi connectivity index (χ3n) is 5.60. The number of alkyl halides is 3. The Morgan fingerprint density at radius 1 is 1.24 bits per heavy atom. The second-order valence-electron chi connectivity index (χ2n) is 7.20. The number of nitrogens with zero attached hydrogens (tertiary/aromatic N) is 1. The van der Waals surface area contributed by atoms with Gasteiger partial charge in [-0.1, -0.05) is 0 Å². The van der Waals surface area contributed by atoms with Crippen molar-refractivity contribution in [3.8, 4) is 0 Å². The summed E-state index contributed by atoms with van der Waals surface area (Å²) in [5.74, 6) is 0.593. The van der Waals surface area contributed by atoms with E-state index >= 15 is 0 Å². The molecule has 1 aliphatic heterocycles. The van der Waals surface area contributed by atoms with Crippen molar-refractivity contribution in [1.29, 1.82) is 0 Å². The van der Waals surface area contributed by atoms with E-state index < -0.39 is 11.6 Å². The van der Waals surface area contributed by atoms with Crippen LogP contribution in [0, 0.1) is 11.3 Å². The van der Waals surface area contributed by atoms with Crippen molar-refractivity contribution in [2.24, 2.45) is 11.3 Å². The maximum Gasteiger partial charge on any atom is 0.398 e. The number of pyridine rings is 1. The molecule has 3 fully saturated rings. The molecule has 0 radical (unpaired) electrons. The van der Waals surface area contributed by atoms with Crippen molar-refractivity contribution in [3.05, 3.63) is 29.6 Å². The first-order chi connectivity index (χ1) is 9.93. The maximum atomic E-state index is 13.2. The van der Waals surface area contributed by atoms with Gasteiger partial charge in [0.05, 0.1) is 5.41 Å². The minimum Gasteiger partial charge on any atom is -0.316 e. The SMILES string of the molecule is FC(F)(F)C1(c2ccnc(CC3CC4(CNC4)C3)c2)CC1. The van der Waals surface area contributed by atoms with Crippen molar-refractivity contribution in [2.75, 3.05) is 13.1 Å². The molecule has 21 heavy (non-hydrogen) atoms. The average molecular weight is 296 g/mol. The number of halogens is 3.